The van der Waals surface area contributed by atoms with Crippen LogP contribution in [-0.2, 0) is 23.9 Å². The monoisotopic (exact) mass is 532 g/mol. The van der Waals surface area contributed by atoms with E-state index in [1.54, 1.807) is 5.57 Å². The quantitative estimate of drug-likeness (QED) is 0.296. The SMILES string of the molecule is CCC1=C(CC)C[C-]=C1.[C-]1=CC=CC1.[Hf+2]=[C](c1ccccc1)c1ccccc1. The zero-order chi connectivity index (χ0) is 20.0. The summed E-state index contributed by atoms with van der Waals surface area (Å²) < 4.78 is 1.46. The molecule has 4 rings (SSSR count). The fourth-order valence-electron chi connectivity index (χ4n) is 2.93. The Hall–Kier alpha value is -1.86. The first-order valence-corrected chi connectivity index (χ1v) is 11.7. The molecule has 0 saturated carbocycles. The molecule has 0 spiro atoms. The molecule has 0 unspecified atom stereocenters. The Kier molecular flexibility index (Phi) is 10.7. The van der Waals surface area contributed by atoms with Crippen molar-refractivity contribution < 1.29 is 23.9 Å². The molecule has 0 amide bonds. The number of allylic oxidation sites excluding steroid dienone is 8. The van der Waals surface area contributed by atoms with Crippen LogP contribution < -0.4 is 0 Å². The summed E-state index contributed by atoms with van der Waals surface area (Å²) in [7, 11) is 0. The van der Waals surface area contributed by atoms with Gasteiger partial charge >= 0.3 is 98.9 Å². The van der Waals surface area contributed by atoms with Gasteiger partial charge in [-0.1, -0.05) is 26.7 Å². The third kappa shape index (κ3) is 7.64. The number of benzene rings is 2. The molecule has 2 aliphatic carbocycles. The minimum absolute atomic E-state index is 1.01. The van der Waals surface area contributed by atoms with Gasteiger partial charge < -0.3 is 0 Å². The van der Waals surface area contributed by atoms with Gasteiger partial charge in [-0.05, 0) is 0 Å². The second-order valence-corrected chi connectivity index (χ2v) is 8.27. The van der Waals surface area contributed by atoms with E-state index in [0.717, 1.165) is 36.7 Å². The van der Waals surface area contributed by atoms with E-state index >= 15 is 0 Å². The summed E-state index contributed by atoms with van der Waals surface area (Å²) in [6.07, 6.45) is 18.8. The summed E-state index contributed by atoms with van der Waals surface area (Å²) in [5.41, 5.74) is 5.80. The predicted octanol–water partition coefficient (Wildman–Crippen LogP) is 6.97. The van der Waals surface area contributed by atoms with E-state index in [1.807, 2.05) is 12.2 Å². The van der Waals surface area contributed by atoms with Crippen molar-refractivity contribution in [1.82, 2.24) is 0 Å². The first kappa shape index (κ1) is 22.4. The van der Waals surface area contributed by atoms with Crippen LogP contribution in [0.3, 0.4) is 0 Å². The summed E-state index contributed by atoms with van der Waals surface area (Å²) in [5.74, 6) is 0. The van der Waals surface area contributed by atoms with Crippen molar-refractivity contribution in [2.45, 2.75) is 39.5 Å². The maximum absolute atomic E-state index is 3.23. The van der Waals surface area contributed by atoms with Crippen LogP contribution in [0.2, 0.25) is 0 Å². The van der Waals surface area contributed by atoms with E-state index in [1.165, 1.54) is 32.8 Å². The molecule has 0 radical (unpaired) electrons. The van der Waals surface area contributed by atoms with Gasteiger partial charge in [-0.2, -0.15) is 17.2 Å². The third-order valence-corrected chi connectivity index (χ3v) is 6.64. The number of rotatable bonds is 4. The molecule has 0 aliphatic heterocycles. The van der Waals surface area contributed by atoms with Crippen LogP contribution in [0, 0.1) is 12.2 Å². The van der Waals surface area contributed by atoms with Crippen molar-refractivity contribution in [2.24, 2.45) is 0 Å². The molecule has 0 bridgehead atoms. The van der Waals surface area contributed by atoms with E-state index in [4.69, 9.17) is 0 Å². The Morgan fingerprint density at radius 2 is 1.46 bits per heavy atom. The van der Waals surface area contributed by atoms with Crippen LogP contribution in [0.15, 0.2) is 96.1 Å². The molecule has 2 aromatic rings. The predicted molar refractivity (Wildman–Crippen MR) is 118 cm³/mol. The number of hydrogen-bond donors (Lipinski definition) is 0. The average molecular weight is 531 g/mol. The Morgan fingerprint density at radius 1 is 0.857 bits per heavy atom. The molecule has 1 heteroatoms. The Labute approximate surface area is 185 Å². The van der Waals surface area contributed by atoms with E-state index in [-0.39, 0.29) is 0 Å². The Bertz CT molecular complexity index is 785. The minimum atomic E-state index is 1.01. The fourth-order valence-corrected chi connectivity index (χ4v) is 4.13. The van der Waals surface area contributed by atoms with E-state index in [9.17, 15) is 0 Å². The van der Waals surface area contributed by atoms with Crippen LogP contribution in [0.5, 0.6) is 0 Å². The Balaban J connectivity index is 0.000000170. The first-order valence-electron chi connectivity index (χ1n) is 9.94. The second-order valence-electron chi connectivity index (χ2n) is 6.47. The van der Waals surface area contributed by atoms with Gasteiger partial charge in [-0.15, -0.1) is 12.8 Å². The van der Waals surface area contributed by atoms with Crippen LogP contribution in [0.4, 0.5) is 0 Å². The molecule has 0 nitrogen and oxygen atoms in total. The van der Waals surface area contributed by atoms with Crippen molar-refractivity contribution in [1.29, 1.82) is 0 Å². The van der Waals surface area contributed by atoms with Crippen molar-refractivity contribution >= 4 is 3.26 Å². The van der Waals surface area contributed by atoms with Crippen molar-refractivity contribution in [3.8, 4) is 0 Å². The molecular weight excluding hydrogens is 503 g/mol. The number of hydrogen-bond acceptors (Lipinski definition) is 0. The standard InChI is InChI=1S/C13H10.C9H13.C5H5.Hf/c1-3-7-12(8-4-1)11-13-9-5-2-6-10-13;1-3-8-6-5-7-9(8)4-2;1-2-4-5-3-1;/h1-10H;6H,3-4,7H2,1-2H3;1-3H,4H2;/q;2*-1;+2. The summed E-state index contributed by atoms with van der Waals surface area (Å²) in [4.78, 5) is 0. The van der Waals surface area contributed by atoms with Gasteiger partial charge in [-0.25, -0.2) is 18.2 Å². The third-order valence-electron chi connectivity index (χ3n) is 4.56. The van der Waals surface area contributed by atoms with Crippen LogP contribution in [0.25, 0.3) is 0 Å². The van der Waals surface area contributed by atoms with Crippen LogP contribution in [0.1, 0.15) is 50.7 Å². The normalized spacial score (nSPS) is 13.7. The molecule has 140 valence electrons. The van der Waals surface area contributed by atoms with Gasteiger partial charge in [-0.3, -0.25) is 12.2 Å². The maximum atomic E-state index is 3.23. The van der Waals surface area contributed by atoms with Gasteiger partial charge in [0.05, 0.1) is 0 Å². The molecule has 0 aromatic heterocycles. The van der Waals surface area contributed by atoms with Gasteiger partial charge in [0.15, 0.2) is 0 Å². The van der Waals surface area contributed by atoms with Gasteiger partial charge in [0.2, 0.25) is 0 Å². The molecule has 0 saturated heterocycles. The zero-order valence-corrected chi connectivity index (χ0v) is 20.5. The summed E-state index contributed by atoms with van der Waals surface area (Å²) in [6, 6.07) is 21.2. The van der Waals surface area contributed by atoms with E-state index < -0.39 is 0 Å². The second kappa shape index (κ2) is 13.3. The topological polar surface area (TPSA) is 0 Å². The van der Waals surface area contributed by atoms with Gasteiger partial charge in [0.1, 0.15) is 0 Å². The van der Waals surface area contributed by atoms with Gasteiger partial charge in [0.25, 0.3) is 0 Å². The molecule has 0 fully saturated rings. The van der Waals surface area contributed by atoms with Crippen molar-refractivity contribution in [3.63, 3.8) is 0 Å². The zero-order valence-electron chi connectivity index (χ0n) is 16.9. The van der Waals surface area contributed by atoms with E-state index in [2.05, 4.69) is 98.8 Å². The molecule has 2 aromatic carbocycles. The molecule has 0 N–H and O–H groups in total. The van der Waals surface area contributed by atoms with Crippen LogP contribution >= 0.6 is 0 Å². The summed E-state index contributed by atoms with van der Waals surface area (Å²) in [5, 5.41) is 0. The Morgan fingerprint density at radius 3 is 1.82 bits per heavy atom. The molecule has 0 heterocycles. The van der Waals surface area contributed by atoms with Crippen molar-refractivity contribution in [2.75, 3.05) is 0 Å². The molecule has 28 heavy (non-hydrogen) atoms. The van der Waals surface area contributed by atoms with E-state index in [0.29, 0.717) is 0 Å². The fraction of sp³-hybridized carbons (Fsp3) is 0.222. The van der Waals surface area contributed by atoms with Gasteiger partial charge in [0, 0.05) is 0 Å². The summed E-state index contributed by atoms with van der Waals surface area (Å²) in [6.45, 7) is 4.42. The first-order chi connectivity index (χ1) is 13.8. The molecule has 0 atom stereocenters. The average Bonchev–Trinajstić information content (AvgIpc) is 3.49. The van der Waals surface area contributed by atoms with Crippen molar-refractivity contribution in [3.05, 3.63) is 119 Å². The summed E-state index contributed by atoms with van der Waals surface area (Å²) >= 11 is 1.08. The molecular formula is C27H28Hf. The molecule has 2 aliphatic rings. The van der Waals surface area contributed by atoms with Crippen LogP contribution in [-0.4, -0.2) is 3.26 Å².